The maximum atomic E-state index is 13.4. The fraction of sp³-hybridized carbons (Fsp3) is 0.150. The second-order valence-electron chi connectivity index (χ2n) is 6.49. The van der Waals surface area contributed by atoms with E-state index in [9.17, 15) is 8.78 Å². The van der Waals surface area contributed by atoms with Crippen LogP contribution in [0.25, 0.3) is 23.0 Å². The Bertz CT molecular complexity index is 1140. The van der Waals surface area contributed by atoms with Gasteiger partial charge in [-0.1, -0.05) is 29.4 Å². The third-order valence-electron chi connectivity index (χ3n) is 4.60. The molecule has 28 heavy (non-hydrogen) atoms. The molecule has 2 aromatic carbocycles. The molecule has 2 aromatic heterocycles. The van der Waals surface area contributed by atoms with Crippen LogP contribution in [0.15, 0.2) is 59.1 Å². The molecule has 0 saturated carbocycles. The SMILES string of the molecule is Fc1ccc([C@H]2Cn3nc(-c4nc(-c5cccc(F)c5)no4)cc3CO2)cc1. The van der Waals surface area contributed by atoms with Crippen molar-refractivity contribution in [1.82, 2.24) is 19.9 Å². The van der Waals surface area contributed by atoms with Gasteiger partial charge in [-0.3, -0.25) is 4.68 Å². The third-order valence-corrected chi connectivity index (χ3v) is 4.60. The average Bonchev–Trinajstić information content (AvgIpc) is 3.35. The van der Waals surface area contributed by atoms with Crippen LogP contribution in [0.3, 0.4) is 0 Å². The molecule has 0 aliphatic carbocycles. The van der Waals surface area contributed by atoms with E-state index in [1.807, 2.05) is 10.7 Å². The van der Waals surface area contributed by atoms with E-state index in [0.717, 1.165) is 11.3 Å². The van der Waals surface area contributed by atoms with Gasteiger partial charge in [-0.25, -0.2) is 8.78 Å². The highest BCUT2D eigenvalue weighted by atomic mass is 19.1. The molecule has 0 saturated heterocycles. The lowest BCUT2D eigenvalue weighted by Crippen LogP contribution is -2.21. The number of hydrogen-bond acceptors (Lipinski definition) is 5. The lowest BCUT2D eigenvalue weighted by molar-refractivity contribution is -0.00116. The van der Waals surface area contributed by atoms with Gasteiger partial charge in [-0.05, 0) is 35.9 Å². The summed E-state index contributed by atoms with van der Waals surface area (Å²) < 4.78 is 39.5. The topological polar surface area (TPSA) is 66.0 Å². The number of benzene rings is 2. The van der Waals surface area contributed by atoms with Crippen LogP contribution in [-0.2, 0) is 17.9 Å². The van der Waals surface area contributed by atoms with Gasteiger partial charge in [0.05, 0.1) is 18.8 Å². The number of halogens is 2. The quantitative estimate of drug-likeness (QED) is 0.534. The van der Waals surface area contributed by atoms with Gasteiger partial charge in [0.25, 0.3) is 5.89 Å². The fourth-order valence-electron chi connectivity index (χ4n) is 3.18. The van der Waals surface area contributed by atoms with E-state index in [2.05, 4.69) is 15.2 Å². The van der Waals surface area contributed by atoms with Crippen molar-refractivity contribution in [2.24, 2.45) is 0 Å². The Balaban J connectivity index is 1.40. The molecule has 0 amide bonds. The zero-order valence-electron chi connectivity index (χ0n) is 14.5. The van der Waals surface area contributed by atoms with E-state index >= 15 is 0 Å². The number of fused-ring (bicyclic) bond motifs is 1. The highest BCUT2D eigenvalue weighted by molar-refractivity contribution is 5.57. The summed E-state index contributed by atoms with van der Waals surface area (Å²) in [6, 6.07) is 14.0. The molecule has 0 unspecified atom stereocenters. The predicted molar refractivity (Wildman–Crippen MR) is 94.8 cm³/mol. The van der Waals surface area contributed by atoms with Gasteiger partial charge in [0.2, 0.25) is 5.82 Å². The third kappa shape index (κ3) is 3.07. The van der Waals surface area contributed by atoms with E-state index in [1.54, 1.807) is 24.3 Å². The Morgan fingerprint density at radius 2 is 1.86 bits per heavy atom. The second-order valence-corrected chi connectivity index (χ2v) is 6.49. The normalized spacial score (nSPS) is 16.1. The Labute approximate surface area is 158 Å². The monoisotopic (exact) mass is 380 g/mol. The van der Waals surface area contributed by atoms with Gasteiger partial charge in [0.1, 0.15) is 17.7 Å². The Hall–Kier alpha value is -3.39. The average molecular weight is 380 g/mol. The summed E-state index contributed by atoms with van der Waals surface area (Å²) in [5.41, 5.74) is 2.81. The van der Waals surface area contributed by atoms with Crippen LogP contribution in [0, 0.1) is 11.6 Å². The second kappa shape index (κ2) is 6.65. The zero-order valence-corrected chi connectivity index (χ0v) is 14.5. The van der Waals surface area contributed by atoms with Crippen molar-refractivity contribution in [2.75, 3.05) is 0 Å². The van der Waals surface area contributed by atoms with Crippen LogP contribution in [0.5, 0.6) is 0 Å². The number of ether oxygens (including phenoxy) is 1. The van der Waals surface area contributed by atoms with Crippen molar-refractivity contribution >= 4 is 0 Å². The predicted octanol–water partition coefficient (Wildman–Crippen LogP) is 4.15. The van der Waals surface area contributed by atoms with Crippen molar-refractivity contribution in [3.63, 3.8) is 0 Å². The van der Waals surface area contributed by atoms with Crippen molar-refractivity contribution in [3.05, 3.63) is 77.5 Å². The van der Waals surface area contributed by atoms with Gasteiger partial charge in [0.15, 0.2) is 5.69 Å². The van der Waals surface area contributed by atoms with E-state index in [-0.39, 0.29) is 23.6 Å². The first-order valence-corrected chi connectivity index (χ1v) is 8.69. The molecule has 140 valence electrons. The summed E-state index contributed by atoms with van der Waals surface area (Å²) in [6.45, 7) is 0.853. The summed E-state index contributed by atoms with van der Waals surface area (Å²) in [5, 5.41) is 8.44. The maximum Gasteiger partial charge on any atom is 0.278 e. The van der Waals surface area contributed by atoms with Gasteiger partial charge >= 0.3 is 0 Å². The molecule has 4 aromatic rings. The van der Waals surface area contributed by atoms with Gasteiger partial charge in [0, 0.05) is 5.56 Å². The van der Waals surface area contributed by atoms with Gasteiger partial charge in [-0.15, -0.1) is 0 Å². The summed E-state index contributed by atoms with van der Waals surface area (Å²) in [7, 11) is 0. The molecule has 3 heterocycles. The molecule has 8 heteroatoms. The smallest absolute Gasteiger partial charge is 0.278 e. The van der Waals surface area contributed by atoms with Crippen LogP contribution in [0.1, 0.15) is 17.4 Å². The Kier molecular flexibility index (Phi) is 3.98. The Morgan fingerprint density at radius 1 is 1.00 bits per heavy atom. The molecule has 5 rings (SSSR count). The minimum atomic E-state index is -0.370. The molecule has 1 atom stereocenters. The summed E-state index contributed by atoms with van der Waals surface area (Å²) >= 11 is 0. The van der Waals surface area contributed by atoms with Crippen molar-refractivity contribution < 1.29 is 18.0 Å². The van der Waals surface area contributed by atoms with Crippen molar-refractivity contribution in [3.8, 4) is 23.0 Å². The van der Waals surface area contributed by atoms with E-state index in [0.29, 0.717) is 30.2 Å². The minimum Gasteiger partial charge on any atom is -0.365 e. The first kappa shape index (κ1) is 16.8. The first-order chi connectivity index (χ1) is 13.7. The van der Waals surface area contributed by atoms with Gasteiger partial charge < -0.3 is 9.26 Å². The molecular weight excluding hydrogens is 366 g/mol. The standard InChI is InChI=1S/C20H14F2N4O2/c21-14-6-4-12(5-7-14)18-10-26-16(11-27-18)9-17(24-26)20-23-19(25-28-20)13-2-1-3-15(22)8-13/h1-9,18H,10-11H2/t18-/m1/s1. The molecule has 6 nitrogen and oxygen atoms in total. The zero-order chi connectivity index (χ0) is 19.1. The lowest BCUT2D eigenvalue weighted by Gasteiger charge is -2.24. The number of rotatable bonds is 3. The van der Waals surface area contributed by atoms with Gasteiger partial charge in [-0.2, -0.15) is 10.1 Å². The van der Waals surface area contributed by atoms with Crippen LogP contribution in [0.2, 0.25) is 0 Å². The van der Waals surface area contributed by atoms with Crippen molar-refractivity contribution in [1.29, 1.82) is 0 Å². The molecule has 1 aliphatic heterocycles. The van der Waals surface area contributed by atoms with Crippen LogP contribution in [0.4, 0.5) is 8.78 Å². The highest BCUT2D eigenvalue weighted by Gasteiger charge is 2.24. The number of aromatic nitrogens is 4. The van der Waals surface area contributed by atoms with Crippen molar-refractivity contribution in [2.45, 2.75) is 19.3 Å². The number of nitrogens with zero attached hydrogens (tertiary/aromatic N) is 4. The largest absolute Gasteiger partial charge is 0.365 e. The van der Waals surface area contributed by atoms with Crippen LogP contribution in [-0.4, -0.2) is 19.9 Å². The molecular formula is C20H14F2N4O2. The Morgan fingerprint density at radius 3 is 2.68 bits per heavy atom. The van der Waals surface area contributed by atoms with E-state index in [1.165, 1.54) is 24.3 Å². The lowest BCUT2D eigenvalue weighted by atomic mass is 10.1. The van der Waals surface area contributed by atoms with Crippen LogP contribution < -0.4 is 0 Å². The maximum absolute atomic E-state index is 13.4. The highest BCUT2D eigenvalue weighted by Crippen LogP contribution is 2.29. The molecule has 0 radical (unpaired) electrons. The fourth-order valence-corrected chi connectivity index (χ4v) is 3.18. The van der Waals surface area contributed by atoms with E-state index in [4.69, 9.17) is 9.26 Å². The summed E-state index contributed by atoms with van der Waals surface area (Å²) in [4.78, 5) is 4.32. The molecule has 0 spiro atoms. The summed E-state index contributed by atoms with van der Waals surface area (Å²) in [5.74, 6) is -0.113. The first-order valence-electron chi connectivity index (χ1n) is 8.69. The minimum absolute atomic E-state index is 0.216. The molecule has 0 N–H and O–H groups in total. The van der Waals surface area contributed by atoms with Crippen LogP contribution >= 0.6 is 0 Å². The molecule has 0 fully saturated rings. The number of hydrogen-bond donors (Lipinski definition) is 0. The summed E-state index contributed by atoms with van der Waals surface area (Å²) in [6.07, 6.45) is -0.216. The molecule has 1 aliphatic rings. The molecule has 0 bridgehead atoms. The van der Waals surface area contributed by atoms with E-state index < -0.39 is 0 Å².